The summed E-state index contributed by atoms with van der Waals surface area (Å²) in [5, 5.41) is 0. The second-order valence-electron chi connectivity index (χ2n) is 9.97. The lowest BCUT2D eigenvalue weighted by molar-refractivity contribution is 0.981. The van der Waals surface area contributed by atoms with Crippen LogP contribution in [0, 0.1) is 0 Å². The maximum absolute atomic E-state index is 3.04. The van der Waals surface area contributed by atoms with Crippen LogP contribution in [0.15, 0.2) is 0 Å². The van der Waals surface area contributed by atoms with Gasteiger partial charge in [-0.3, -0.25) is 0 Å². The van der Waals surface area contributed by atoms with Crippen LogP contribution in [0.1, 0.15) is 0 Å². The van der Waals surface area contributed by atoms with Crippen LogP contribution in [0.25, 0.3) is 0 Å². The van der Waals surface area contributed by atoms with E-state index < -0.39 is 32.6 Å². The Balaban J connectivity index is 5.43. The van der Waals surface area contributed by atoms with Crippen LogP contribution in [-0.2, 0) is 0 Å². The van der Waals surface area contributed by atoms with Crippen molar-refractivity contribution < 1.29 is 0 Å². The molecule has 19 heavy (non-hydrogen) atoms. The number of nitrogens with zero attached hydrogens (tertiary/aromatic N) is 1. The zero-order valence-corrected chi connectivity index (χ0v) is 20.5. The molecule has 0 heterocycles. The Hall–Kier alpha value is 1.26. The summed E-state index contributed by atoms with van der Waals surface area (Å²) in [6.45, 7) is 30.8. The molecule has 0 aliphatic carbocycles. The van der Waals surface area contributed by atoms with Gasteiger partial charge < -0.3 is 4.00 Å². The van der Waals surface area contributed by atoms with Crippen LogP contribution in [-0.4, -0.2) is 41.5 Å². The highest BCUT2D eigenvalue weighted by molar-refractivity contribution is 7.51. The van der Waals surface area contributed by atoms with E-state index in [9.17, 15) is 0 Å². The summed E-state index contributed by atoms with van der Waals surface area (Å²) in [7, 11) is -3.41. The van der Waals surface area contributed by atoms with Gasteiger partial charge in [-0.15, -0.1) is 0 Å². The lowest BCUT2D eigenvalue weighted by Gasteiger charge is -2.50. The summed E-state index contributed by atoms with van der Waals surface area (Å²) in [5.74, 6) is 0. The molecule has 0 N–H and O–H groups in total. The third kappa shape index (κ3) is 6.70. The molecule has 1 atom stereocenters. The molecule has 0 bridgehead atoms. The largest absolute Gasteiger partial charge is 0.327 e. The third-order valence-electron chi connectivity index (χ3n) is 3.33. The highest BCUT2D eigenvalue weighted by Gasteiger charge is 2.43. The molecule has 0 aromatic heterocycles. The standard InChI is InChI=1S/C13H38NPSi4/c1-16(2,3)13(17(4,5)6)15-14(18(7,8)9)19(10,11)12/h13,15H,1-12H3. The van der Waals surface area contributed by atoms with E-state index in [0.29, 0.717) is 0 Å². The molecular formula is C13H38NPSi4. The minimum atomic E-state index is -1.19. The van der Waals surface area contributed by atoms with E-state index in [-0.39, 0.29) is 0 Å². The minimum absolute atomic E-state index is 1.04. The molecule has 0 saturated heterocycles. The normalized spacial score (nSPS) is 16.1. The van der Waals surface area contributed by atoms with E-state index in [4.69, 9.17) is 0 Å². The molecule has 0 aromatic carbocycles. The number of hydrogen-bond donors (Lipinski definition) is 0. The molecule has 0 aliphatic heterocycles. The lowest BCUT2D eigenvalue weighted by Crippen LogP contribution is -2.59. The Morgan fingerprint density at radius 1 is 0.579 bits per heavy atom. The molecule has 0 aromatic rings. The second-order valence-corrected chi connectivity index (χ2v) is 34.5. The quantitative estimate of drug-likeness (QED) is 0.440. The monoisotopic (exact) mass is 351 g/mol. The molecule has 0 radical (unpaired) electrons. The molecule has 116 valence electrons. The fourth-order valence-corrected chi connectivity index (χ4v) is 31.2. The molecule has 0 rings (SSSR count). The predicted molar refractivity (Wildman–Crippen MR) is 107 cm³/mol. The van der Waals surface area contributed by atoms with Crippen LogP contribution in [0.4, 0.5) is 0 Å². The van der Waals surface area contributed by atoms with Gasteiger partial charge in [0, 0.05) is 0 Å². The Bertz CT molecular complexity index is 236. The average molecular weight is 352 g/mol. The van der Waals surface area contributed by atoms with E-state index in [1.54, 1.807) is 0 Å². The van der Waals surface area contributed by atoms with Gasteiger partial charge in [0.1, 0.15) is 16.5 Å². The SMILES string of the molecule is C[Si](C)(C)C(PN([Si](C)(C)C)[Si](C)(C)C)[Si](C)(C)C. The van der Waals surface area contributed by atoms with Gasteiger partial charge in [-0.2, -0.15) is 0 Å². The zero-order valence-electron chi connectivity index (χ0n) is 15.5. The molecule has 0 amide bonds. The van der Waals surface area contributed by atoms with E-state index in [1.165, 1.54) is 0 Å². The maximum Gasteiger partial charge on any atom is 0.115 e. The number of rotatable bonds is 6. The molecule has 0 saturated carbocycles. The van der Waals surface area contributed by atoms with Crippen LogP contribution in [0.3, 0.4) is 0 Å². The van der Waals surface area contributed by atoms with Gasteiger partial charge in [0.15, 0.2) is 0 Å². The highest BCUT2D eigenvalue weighted by atomic mass is 31.1. The highest BCUT2D eigenvalue weighted by Crippen LogP contribution is 2.43. The van der Waals surface area contributed by atoms with Crippen molar-refractivity contribution in [3.8, 4) is 0 Å². The minimum Gasteiger partial charge on any atom is -0.327 e. The van der Waals surface area contributed by atoms with Crippen molar-refractivity contribution in [3.63, 3.8) is 0 Å². The van der Waals surface area contributed by atoms with Gasteiger partial charge in [0.25, 0.3) is 0 Å². The first-order chi connectivity index (χ1) is 7.97. The van der Waals surface area contributed by atoms with Gasteiger partial charge in [-0.1, -0.05) is 87.3 Å². The Morgan fingerprint density at radius 2 is 0.842 bits per heavy atom. The van der Waals surface area contributed by atoms with E-state index in [1.807, 2.05) is 0 Å². The van der Waals surface area contributed by atoms with E-state index >= 15 is 0 Å². The second kappa shape index (κ2) is 6.17. The van der Waals surface area contributed by atoms with Crippen molar-refractivity contribution in [2.24, 2.45) is 0 Å². The third-order valence-corrected chi connectivity index (χ3v) is 30.0. The molecule has 0 fully saturated rings. The van der Waals surface area contributed by atoms with Gasteiger partial charge in [-0.05, 0) is 4.91 Å². The first kappa shape index (κ1) is 20.3. The molecule has 0 aliphatic rings. The average Bonchev–Trinajstić information content (AvgIpc) is 1.91. The zero-order chi connectivity index (χ0) is 15.9. The summed E-state index contributed by atoms with van der Waals surface area (Å²) >= 11 is 0. The fraction of sp³-hybridized carbons (Fsp3) is 1.00. The summed E-state index contributed by atoms with van der Waals surface area (Å²) in [6.07, 6.45) is 0. The summed E-state index contributed by atoms with van der Waals surface area (Å²) in [5.41, 5.74) is 0. The van der Waals surface area contributed by atoms with Gasteiger partial charge >= 0.3 is 0 Å². The Morgan fingerprint density at radius 3 is 1.00 bits per heavy atom. The van der Waals surface area contributed by atoms with E-state index in [0.717, 1.165) is 13.6 Å². The fourth-order valence-electron chi connectivity index (χ4n) is 3.21. The van der Waals surface area contributed by atoms with Crippen molar-refractivity contribution in [1.29, 1.82) is 0 Å². The molecule has 1 unspecified atom stereocenters. The lowest BCUT2D eigenvalue weighted by atomic mass is 11.7. The Labute approximate surface area is 129 Å². The smallest absolute Gasteiger partial charge is 0.115 e. The number of hydrogen-bond acceptors (Lipinski definition) is 1. The van der Waals surface area contributed by atoms with Gasteiger partial charge in [0.05, 0.1) is 16.1 Å². The first-order valence-electron chi connectivity index (χ1n) is 7.54. The van der Waals surface area contributed by atoms with Crippen molar-refractivity contribution >= 4 is 41.4 Å². The van der Waals surface area contributed by atoms with Crippen molar-refractivity contribution in [1.82, 2.24) is 4.00 Å². The predicted octanol–water partition coefficient (Wildman–Crippen LogP) is 5.68. The van der Waals surface area contributed by atoms with Crippen LogP contribution >= 0.6 is 8.73 Å². The van der Waals surface area contributed by atoms with Crippen molar-refractivity contribution in [2.75, 3.05) is 0 Å². The van der Waals surface area contributed by atoms with Gasteiger partial charge in [0.2, 0.25) is 0 Å². The van der Waals surface area contributed by atoms with Crippen molar-refractivity contribution in [3.05, 3.63) is 0 Å². The summed E-state index contributed by atoms with van der Waals surface area (Å²) in [6, 6.07) is 0. The van der Waals surface area contributed by atoms with Crippen LogP contribution < -0.4 is 0 Å². The maximum atomic E-state index is 3.04. The van der Waals surface area contributed by atoms with Gasteiger partial charge in [-0.25, -0.2) is 0 Å². The van der Waals surface area contributed by atoms with Crippen molar-refractivity contribution in [2.45, 2.75) is 83.5 Å². The van der Waals surface area contributed by atoms with Crippen LogP contribution in [0.5, 0.6) is 0 Å². The Kier molecular flexibility index (Phi) is 6.58. The molecule has 1 nitrogen and oxygen atoms in total. The topological polar surface area (TPSA) is 3.24 Å². The van der Waals surface area contributed by atoms with E-state index in [2.05, 4.69) is 82.6 Å². The first-order valence-corrected chi connectivity index (χ1v) is 22.6. The summed E-state index contributed by atoms with van der Waals surface area (Å²) in [4.78, 5) is 1.04. The summed E-state index contributed by atoms with van der Waals surface area (Å²) < 4.78 is 3.04. The van der Waals surface area contributed by atoms with Crippen LogP contribution in [0.2, 0.25) is 78.6 Å². The molecule has 0 spiro atoms. The molecular weight excluding hydrogens is 313 g/mol. The molecule has 6 heteroatoms.